The van der Waals surface area contributed by atoms with E-state index in [0.29, 0.717) is 21.6 Å². The van der Waals surface area contributed by atoms with Gasteiger partial charge in [-0.1, -0.05) is 42.5 Å². The van der Waals surface area contributed by atoms with Crippen molar-refractivity contribution in [2.75, 3.05) is 0 Å². The number of aromatic hydroxyl groups is 1. The zero-order chi connectivity index (χ0) is 18.1. The molecule has 0 unspecified atom stereocenters. The van der Waals surface area contributed by atoms with Crippen LogP contribution in [0.3, 0.4) is 0 Å². The number of aryl methyl sites for hydroxylation is 1. The Morgan fingerprint density at radius 2 is 1.85 bits per heavy atom. The molecule has 0 bridgehead atoms. The normalized spacial score (nSPS) is 11.4. The highest BCUT2D eigenvalue weighted by Crippen LogP contribution is 2.30. The van der Waals surface area contributed by atoms with Crippen molar-refractivity contribution < 1.29 is 5.11 Å². The number of rotatable bonds is 3. The molecule has 1 N–H and O–H groups in total. The van der Waals surface area contributed by atoms with E-state index in [4.69, 9.17) is 0 Å². The molecular weight excluding hydrogens is 346 g/mol. The molecule has 0 fully saturated rings. The number of fused-ring (bicyclic) bond motifs is 1. The molecule has 2 heterocycles. The number of aromatic nitrogens is 2. The Kier molecular flexibility index (Phi) is 4.10. The third-order valence-electron chi connectivity index (χ3n) is 4.08. The molecule has 0 aliphatic carbocycles. The molecular formula is C20H15N3O2S. The Morgan fingerprint density at radius 1 is 1.12 bits per heavy atom. The van der Waals surface area contributed by atoms with Gasteiger partial charge in [0.1, 0.15) is 16.4 Å². The van der Waals surface area contributed by atoms with Gasteiger partial charge in [0.05, 0.1) is 11.6 Å². The van der Waals surface area contributed by atoms with Crippen molar-refractivity contribution in [1.82, 2.24) is 9.66 Å². The molecule has 2 aromatic heterocycles. The molecule has 0 radical (unpaired) electrons. The SMILES string of the molecule is Cc1nc2scc(-c3ccccc3)c2c(=O)n1/N=C/c1ccccc1O. The van der Waals surface area contributed by atoms with Crippen LogP contribution in [-0.2, 0) is 0 Å². The second-order valence-corrected chi connectivity index (χ2v) is 6.63. The van der Waals surface area contributed by atoms with E-state index in [2.05, 4.69) is 10.1 Å². The van der Waals surface area contributed by atoms with E-state index in [-0.39, 0.29) is 11.3 Å². The van der Waals surface area contributed by atoms with Crippen LogP contribution < -0.4 is 5.56 Å². The molecule has 0 saturated carbocycles. The minimum absolute atomic E-state index is 0.108. The first kappa shape index (κ1) is 16.2. The van der Waals surface area contributed by atoms with Crippen molar-refractivity contribution in [3.63, 3.8) is 0 Å². The lowest BCUT2D eigenvalue weighted by atomic mass is 10.1. The standard InChI is InChI=1S/C20H15N3O2S/c1-13-22-19-18(16(12-26-19)14-7-3-2-4-8-14)20(25)23(13)21-11-15-9-5-6-10-17(15)24/h2-12,24H,1H3/b21-11+. The van der Waals surface area contributed by atoms with Gasteiger partial charge in [-0.15, -0.1) is 11.3 Å². The van der Waals surface area contributed by atoms with Crippen molar-refractivity contribution in [3.8, 4) is 16.9 Å². The molecule has 0 saturated heterocycles. The fourth-order valence-corrected chi connectivity index (χ4v) is 3.75. The highest BCUT2D eigenvalue weighted by Gasteiger charge is 2.15. The number of thiophene rings is 1. The van der Waals surface area contributed by atoms with E-state index in [1.807, 2.05) is 35.7 Å². The smallest absolute Gasteiger partial charge is 0.283 e. The topological polar surface area (TPSA) is 67.5 Å². The van der Waals surface area contributed by atoms with Crippen LogP contribution >= 0.6 is 11.3 Å². The zero-order valence-electron chi connectivity index (χ0n) is 14.0. The maximum Gasteiger partial charge on any atom is 0.283 e. The predicted octanol–water partition coefficient (Wildman–Crippen LogP) is 4.02. The lowest BCUT2D eigenvalue weighted by Gasteiger charge is -2.05. The van der Waals surface area contributed by atoms with Crippen LogP contribution in [0.15, 0.2) is 69.9 Å². The van der Waals surface area contributed by atoms with E-state index in [1.165, 1.54) is 22.2 Å². The van der Waals surface area contributed by atoms with Crippen LogP contribution in [0.4, 0.5) is 0 Å². The third kappa shape index (κ3) is 2.80. The number of para-hydroxylation sites is 1. The highest BCUT2D eigenvalue weighted by atomic mass is 32.1. The molecule has 6 heteroatoms. The van der Waals surface area contributed by atoms with Gasteiger partial charge in [0.2, 0.25) is 0 Å². The highest BCUT2D eigenvalue weighted by molar-refractivity contribution is 7.17. The average Bonchev–Trinajstić information content (AvgIpc) is 3.07. The van der Waals surface area contributed by atoms with Gasteiger partial charge in [-0.2, -0.15) is 9.78 Å². The predicted molar refractivity (Wildman–Crippen MR) is 105 cm³/mol. The minimum atomic E-state index is -0.223. The van der Waals surface area contributed by atoms with Gasteiger partial charge in [0.15, 0.2) is 0 Å². The van der Waals surface area contributed by atoms with Crippen molar-refractivity contribution in [3.05, 3.63) is 81.7 Å². The fourth-order valence-electron chi connectivity index (χ4n) is 2.77. The molecule has 0 atom stereocenters. The molecule has 26 heavy (non-hydrogen) atoms. The van der Waals surface area contributed by atoms with Crippen molar-refractivity contribution in [1.29, 1.82) is 0 Å². The Balaban J connectivity index is 1.89. The van der Waals surface area contributed by atoms with Crippen LogP contribution in [-0.4, -0.2) is 21.0 Å². The van der Waals surface area contributed by atoms with Crippen LogP contribution in [0.2, 0.25) is 0 Å². The lowest BCUT2D eigenvalue weighted by molar-refractivity contribution is 0.474. The molecule has 4 rings (SSSR count). The summed E-state index contributed by atoms with van der Waals surface area (Å²) >= 11 is 1.45. The number of phenolic OH excluding ortho intramolecular Hbond substituents is 1. The fraction of sp³-hybridized carbons (Fsp3) is 0.0500. The Hall–Kier alpha value is -3.25. The maximum atomic E-state index is 13.1. The van der Waals surface area contributed by atoms with E-state index < -0.39 is 0 Å². The van der Waals surface area contributed by atoms with Gasteiger partial charge < -0.3 is 5.11 Å². The second-order valence-electron chi connectivity index (χ2n) is 5.77. The summed E-state index contributed by atoms with van der Waals surface area (Å²) in [6.45, 7) is 1.74. The first-order chi connectivity index (χ1) is 12.6. The van der Waals surface area contributed by atoms with E-state index in [9.17, 15) is 9.90 Å². The van der Waals surface area contributed by atoms with Crippen LogP contribution in [0.25, 0.3) is 21.3 Å². The molecule has 5 nitrogen and oxygen atoms in total. The summed E-state index contributed by atoms with van der Waals surface area (Å²) < 4.78 is 1.27. The number of hydrogen-bond acceptors (Lipinski definition) is 5. The monoisotopic (exact) mass is 361 g/mol. The number of hydrogen-bond donors (Lipinski definition) is 1. The van der Waals surface area contributed by atoms with Crippen LogP contribution in [0.5, 0.6) is 5.75 Å². The third-order valence-corrected chi connectivity index (χ3v) is 4.95. The summed E-state index contributed by atoms with van der Waals surface area (Å²) in [5.74, 6) is 0.604. The summed E-state index contributed by atoms with van der Waals surface area (Å²) in [5, 5.41) is 16.6. The quantitative estimate of drug-likeness (QED) is 0.560. The molecule has 0 amide bonds. The minimum Gasteiger partial charge on any atom is -0.507 e. The Bertz CT molecular complexity index is 1180. The molecule has 0 aliphatic rings. The molecule has 0 spiro atoms. The first-order valence-electron chi connectivity index (χ1n) is 8.04. The Morgan fingerprint density at radius 3 is 2.62 bits per heavy atom. The van der Waals surface area contributed by atoms with Crippen LogP contribution in [0, 0.1) is 6.92 Å². The number of nitrogens with zero attached hydrogens (tertiary/aromatic N) is 3. The Labute approximate surface area is 153 Å². The summed E-state index contributed by atoms with van der Waals surface area (Å²) in [6.07, 6.45) is 1.46. The van der Waals surface area contributed by atoms with Gasteiger partial charge in [0.25, 0.3) is 5.56 Å². The summed E-state index contributed by atoms with van der Waals surface area (Å²) in [4.78, 5) is 18.3. The van der Waals surface area contributed by atoms with Gasteiger partial charge >= 0.3 is 0 Å². The van der Waals surface area contributed by atoms with Crippen LogP contribution in [0.1, 0.15) is 11.4 Å². The number of benzene rings is 2. The molecule has 0 aliphatic heterocycles. The van der Waals surface area contributed by atoms with Gasteiger partial charge in [-0.3, -0.25) is 4.79 Å². The van der Waals surface area contributed by atoms with E-state index in [1.54, 1.807) is 31.2 Å². The van der Waals surface area contributed by atoms with Crippen molar-refractivity contribution in [2.45, 2.75) is 6.92 Å². The van der Waals surface area contributed by atoms with Gasteiger partial charge in [-0.25, -0.2) is 4.98 Å². The van der Waals surface area contributed by atoms with Crippen molar-refractivity contribution >= 4 is 27.8 Å². The van der Waals surface area contributed by atoms with E-state index in [0.717, 1.165) is 11.1 Å². The van der Waals surface area contributed by atoms with E-state index >= 15 is 0 Å². The lowest BCUT2D eigenvalue weighted by Crippen LogP contribution is -2.20. The largest absolute Gasteiger partial charge is 0.507 e. The molecule has 128 valence electrons. The second kappa shape index (κ2) is 6.57. The van der Waals surface area contributed by atoms with Gasteiger partial charge in [-0.05, 0) is 24.6 Å². The zero-order valence-corrected chi connectivity index (χ0v) is 14.8. The van der Waals surface area contributed by atoms with Crippen molar-refractivity contribution in [2.24, 2.45) is 5.10 Å². The maximum absolute atomic E-state index is 13.1. The average molecular weight is 361 g/mol. The molecule has 4 aromatic rings. The summed E-state index contributed by atoms with van der Waals surface area (Å²) in [7, 11) is 0. The summed E-state index contributed by atoms with van der Waals surface area (Å²) in [6, 6.07) is 16.6. The number of phenols is 1. The summed E-state index contributed by atoms with van der Waals surface area (Å²) in [5.41, 5.74) is 2.14. The van der Waals surface area contributed by atoms with Gasteiger partial charge in [0, 0.05) is 16.5 Å². The first-order valence-corrected chi connectivity index (χ1v) is 8.92. The molecule has 2 aromatic carbocycles.